The number of carbonyl (C=O) groups is 1. The maximum Gasteiger partial charge on any atom is 0.225 e. The van der Waals surface area contributed by atoms with Crippen LogP contribution in [0.15, 0.2) is 30.5 Å². The average molecular weight is 418 g/mol. The quantitative estimate of drug-likeness (QED) is 0.709. The van der Waals surface area contributed by atoms with E-state index in [0.29, 0.717) is 25.7 Å². The second kappa shape index (κ2) is 7.34. The number of H-pyrrole nitrogens is 1. The number of benzene rings is 1. The largest absolute Gasteiger partial charge is 0.377 e. The molecule has 31 heavy (non-hydrogen) atoms. The van der Waals surface area contributed by atoms with E-state index in [4.69, 9.17) is 14.7 Å². The van der Waals surface area contributed by atoms with E-state index >= 15 is 0 Å². The fourth-order valence-electron chi connectivity index (χ4n) is 4.85. The molecule has 1 N–H and O–H groups in total. The van der Waals surface area contributed by atoms with Crippen LogP contribution in [-0.4, -0.2) is 58.1 Å². The lowest BCUT2D eigenvalue weighted by molar-refractivity contribution is -0.133. The zero-order chi connectivity index (χ0) is 20.9. The number of hydrogen-bond donors (Lipinski definition) is 1. The molecule has 1 aromatic carbocycles. The van der Waals surface area contributed by atoms with Gasteiger partial charge >= 0.3 is 0 Å². The van der Waals surface area contributed by atoms with Crippen molar-refractivity contribution >= 4 is 22.6 Å². The summed E-state index contributed by atoms with van der Waals surface area (Å²) < 4.78 is 5.68. The molecular weight excluding hydrogens is 390 g/mol. The number of fused-ring (bicyclic) bond motifs is 2. The van der Waals surface area contributed by atoms with Gasteiger partial charge in [0.1, 0.15) is 5.82 Å². The average Bonchev–Trinajstić information content (AvgIpc) is 3.54. The van der Waals surface area contributed by atoms with Crippen molar-refractivity contribution in [3.63, 3.8) is 0 Å². The molecule has 0 spiro atoms. The SMILES string of the molecule is C[C@@H]1COCCN1c1nc(-c2cccc3[nH]ccc23)nc2c1CN(C(=O)C1CC1)CC2. The van der Waals surface area contributed by atoms with Crippen LogP contribution in [0.2, 0.25) is 0 Å². The minimum absolute atomic E-state index is 0.234. The Bertz CT molecular complexity index is 1150. The molecule has 4 heterocycles. The van der Waals surface area contributed by atoms with Gasteiger partial charge in [0.05, 0.1) is 31.5 Å². The van der Waals surface area contributed by atoms with Crippen LogP contribution in [0, 0.1) is 5.92 Å². The lowest BCUT2D eigenvalue weighted by Crippen LogP contribution is -2.46. The van der Waals surface area contributed by atoms with Crippen LogP contribution in [0.4, 0.5) is 5.82 Å². The number of nitrogens with one attached hydrogen (secondary N) is 1. The van der Waals surface area contributed by atoms with Gasteiger partial charge in [-0.05, 0) is 31.9 Å². The second-order valence-corrected chi connectivity index (χ2v) is 8.94. The zero-order valence-electron chi connectivity index (χ0n) is 17.8. The van der Waals surface area contributed by atoms with Gasteiger partial charge < -0.3 is 19.5 Å². The van der Waals surface area contributed by atoms with Crippen LogP contribution >= 0.6 is 0 Å². The van der Waals surface area contributed by atoms with Gasteiger partial charge in [-0.3, -0.25) is 4.79 Å². The predicted molar refractivity (Wildman–Crippen MR) is 119 cm³/mol. The minimum atomic E-state index is 0.234. The van der Waals surface area contributed by atoms with Crippen molar-refractivity contribution in [3.8, 4) is 11.4 Å². The molecule has 0 bridgehead atoms. The predicted octanol–water partition coefficient (Wildman–Crippen LogP) is 3.14. The van der Waals surface area contributed by atoms with Crippen LogP contribution in [0.5, 0.6) is 0 Å². The molecule has 3 aliphatic rings. The molecule has 6 rings (SSSR count). The van der Waals surface area contributed by atoms with Crippen LogP contribution in [-0.2, 0) is 22.5 Å². The van der Waals surface area contributed by atoms with Gasteiger partial charge in [-0.15, -0.1) is 0 Å². The van der Waals surface area contributed by atoms with E-state index in [9.17, 15) is 4.79 Å². The van der Waals surface area contributed by atoms with Crippen molar-refractivity contribution < 1.29 is 9.53 Å². The number of morpholine rings is 1. The fraction of sp³-hybridized carbons (Fsp3) is 0.458. The van der Waals surface area contributed by atoms with E-state index in [1.165, 1.54) is 0 Å². The highest BCUT2D eigenvalue weighted by molar-refractivity contribution is 5.93. The Kier molecular flexibility index (Phi) is 4.45. The van der Waals surface area contributed by atoms with Gasteiger partial charge in [0.25, 0.3) is 0 Å². The molecule has 1 aliphatic carbocycles. The van der Waals surface area contributed by atoms with E-state index < -0.39 is 0 Å². The van der Waals surface area contributed by atoms with Crippen molar-refractivity contribution in [3.05, 3.63) is 41.7 Å². The Morgan fingerprint density at radius 1 is 1.19 bits per heavy atom. The molecule has 0 radical (unpaired) electrons. The molecule has 1 atom stereocenters. The van der Waals surface area contributed by atoms with E-state index in [0.717, 1.165) is 71.7 Å². The number of amides is 1. The number of hydrogen-bond acceptors (Lipinski definition) is 5. The smallest absolute Gasteiger partial charge is 0.225 e. The van der Waals surface area contributed by atoms with E-state index in [-0.39, 0.29) is 12.0 Å². The summed E-state index contributed by atoms with van der Waals surface area (Å²) in [4.78, 5) is 30.6. The number of anilines is 1. The first-order chi connectivity index (χ1) is 15.2. The molecule has 2 aliphatic heterocycles. The maximum atomic E-state index is 12.8. The summed E-state index contributed by atoms with van der Waals surface area (Å²) >= 11 is 0. The normalized spacial score (nSPS) is 21.4. The highest BCUT2D eigenvalue weighted by atomic mass is 16.5. The van der Waals surface area contributed by atoms with Gasteiger partial charge in [-0.25, -0.2) is 9.97 Å². The molecule has 1 saturated carbocycles. The van der Waals surface area contributed by atoms with Gasteiger partial charge in [0.2, 0.25) is 5.91 Å². The first kappa shape index (κ1) is 18.8. The Hall–Kier alpha value is -2.93. The number of rotatable bonds is 3. The number of aromatic amines is 1. The first-order valence-corrected chi connectivity index (χ1v) is 11.3. The molecule has 7 nitrogen and oxygen atoms in total. The van der Waals surface area contributed by atoms with Crippen molar-refractivity contribution in [1.29, 1.82) is 0 Å². The summed E-state index contributed by atoms with van der Waals surface area (Å²) in [5.74, 6) is 2.27. The summed E-state index contributed by atoms with van der Waals surface area (Å²) in [6, 6.07) is 8.53. The van der Waals surface area contributed by atoms with E-state index in [2.05, 4.69) is 35.0 Å². The Labute approximate surface area is 181 Å². The molecule has 0 unspecified atom stereocenters. The number of carbonyl (C=O) groups excluding carboxylic acids is 1. The lowest BCUT2D eigenvalue weighted by atomic mass is 10.0. The molecular formula is C24H27N5O2. The Morgan fingerprint density at radius 2 is 2.10 bits per heavy atom. The number of nitrogens with zero attached hydrogens (tertiary/aromatic N) is 4. The monoisotopic (exact) mass is 417 g/mol. The molecule has 3 aromatic rings. The number of aromatic nitrogens is 3. The molecule has 160 valence electrons. The van der Waals surface area contributed by atoms with Crippen LogP contribution in [0.25, 0.3) is 22.3 Å². The maximum absolute atomic E-state index is 12.8. The summed E-state index contributed by atoms with van der Waals surface area (Å²) in [5.41, 5.74) is 4.31. The van der Waals surface area contributed by atoms with Crippen molar-refractivity contribution in [1.82, 2.24) is 19.9 Å². The molecule has 1 saturated heterocycles. The minimum Gasteiger partial charge on any atom is -0.377 e. The van der Waals surface area contributed by atoms with Gasteiger partial charge in [0, 0.05) is 53.7 Å². The third-order valence-corrected chi connectivity index (χ3v) is 6.75. The Morgan fingerprint density at radius 3 is 2.94 bits per heavy atom. The molecule has 1 amide bonds. The van der Waals surface area contributed by atoms with Gasteiger partial charge in [-0.1, -0.05) is 12.1 Å². The summed E-state index contributed by atoms with van der Waals surface area (Å²) in [5, 5.41) is 1.13. The molecule has 2 aromatic heterocycles. The standard InChI is InChI=1S/C24H27N5O2/c1-15-14-31-12-11-29(15)23-19-13-28(24(30)16-5-6-16)10-8-21(19)26-22(27-23)18-3-2-4-20-17(18)7-9-25-20/h2-4,7,9,15-16,25H,5-6,8,10-14H2,1H3/t15-/m1/s1. The summed E-state index contributed by atoms with van der Waals surface area (Å²) in [6.07, 6.45) is 4.80. The summed E-state index contributed by atoms with van der Waals surface area (Å²) in [6.45, 7) is 5.71. The summed E-state index contributed by atoms with van der Waals surface area (Å²) in [7, 11) is 0. The number of ether oxygens (including phenoxy) is 1. The van der Waals surface area contributed by atoms with Crippen LogP contribution < -0.4 is 4.90 Å². The third-order valence-electron chi connectivity index (χ3n) is 6.75. The molecule has 7 heteroatoms. The molecule has 2 fully saturated rings. The highest BCUT2D eigenvalue weighted by Crippen LogP contribution is 2.36. The van der Waals surface area contributed by atoms with Crippen LogP contribution in [0.3, 0.4) is 0 Å². The van der Waals surface area contributed by atoms with Crippen molar-refractivity contribution in [2.75, 3.05) is 31.2 Å². The van der Waals surface area contributed by atoms with Gasteiger partial charge in [-0.2, -0.15) is 0 Å². The first-order valence-electron chi connectivity index (χ1n) is 11.3. The Balaban J connectivity index is 1.47. The fourth-order valence-corrected chi connectivity index (χ4v) is 4.85. The second-order valence-electron chi connectivity index (χ2n) is 8.94. The van der Waals surface area contributed by atoms with E-state index in [1.54, 1.807) is 0 Å². The zero-order valence-corrected chi connectivity index (χ0v) is 17.8. The van der Waals surface area contributed by atoms with Crippen molar-refractivity contribution in [2.24, 2.45) is 5.92 Å². The topological polar surface area (TPSA) is 74.3 Å². The third kappa shape index (κ3) is 3.28. The lowest BCUT2D eigenvalue weighted by Gasteiger charge is -2.38. The highest BCUT2D eigenvalue weighted by Gasteiger charge is 2.36. The van der Waals surface area contributed by atoms with Gasteiger partial charge in [0.15, 0.2) is 5.82 Å². The van der Waals surface area contributed by atoms with E-state index in [1.807, 2.05) is 17.2 Å². The van der Waals surface area contributed by atoms with Crippen molar-refractivity contribution in [2.45, 2.75) is 38.8 Å². The van der Waals surface area contributed by atoms with Crippen LogP contribution in [0.1, 0.15) is 31.0 Å².